The summed E-state index contributed by atoms with van der Waals surface area (Å²) in [7, 11) is 0. The van der Waals surface area contributed by atoms with E-state index < -0.39 is 5.60 Å². The molecular weight excluding hydrogens is 254 g/mol. The minimum Gasteiger partial charge on any atom is -0.444 e. The van der Waals surface area contributed by atoms with Gasteiger partial charge in [-0.15, -0.1) is 0 Å². The predicted molar refractivity (Wildman–Crippen MR) is 77.4 cm³/mol. The van der Waals surface area contributed by atoms with Crippen molar-refractivity contribution in [1.29, 1.82) is 0 Å². The van der Waals surface area contributed by atoms with Gasteiger partial charge in [-0.25, -0.2) is 4.79 Å². The fourth-order valence-corrected chi connectivity index (χ4v) is 2.14. The van der Waals surface area contributed by atoms with E-state index in [9.17, 15) is 4.79 Å². The number of hydrogen-bond donors (Lipinski definition) is 0. The van der Waals surface area contributed by atoms with Crippen molar-refractivity contribution in [3.05, 3.63) is 35.9 Å². The van der Waals surface area contributed by atoms with E-state index in [0.29, 0.717) is 13.2 Å². The van der Waals surface area contributed by atoms with E-state index in [1.165, 1.54) is 0 Å². The summed E-state index contributed by atoms with van der Waals surface area (Å²) >= 11 is 0. The SMILES string of the molecule is C[C@H]1OC[C@H]1N(Cc1ccccc1)C(=O)OC(C)(C)C. The second-order valence-corrected chi connectivity index (χ2v) is 6.20. The van der Waals surface area contributed by atoms with Gasteiger partial charge in [0.05, 0.1) is 18.8 Å². The molecule has 1 aliphatic heterocycles. The number of ether oxygens (including phenoxy) is 2. The molecule has 0 unspecified atom stereocenters. The highest BCUT2D eigenvalue weighted by Gasteiger charge is 2.38. The van der Waals surface area contributed by atoms with Crippen molar-refractivity contribution in [2.45, 2.75) is 52.0 Å². The average Bonchev–Trinajstić information content (AvgIpc) is 2.35. The Morgan fingerprint density at radius 1 is 1.35 bits per heavy atom. The second kappa shape index (κ2) is 5.83. The third kappa shape index (κ3) is 3.73. The lowest BCUT2D eigenvalue weighted by atomic mass is 10.1. The first-order valence-corrected chi connectivity index (χ1v) is 7.02. The van der Waals surface area contributed by atoms with Gasteiger partial charge in [0, 0.05) is 6.54 Å². The summed E-state index contributed by atoms with van der Waals surface area (Å²) in [6.45, 7) is 8.75. The van der Waals surface area contributed by atoms with Crippen LogP contribution in [0.25, 0.3) is 0 Å². The minimum absolute atomic E-state index is 0.0613. The molecule has 1 amide bonds. The lowest BCUT2D eigenvalue weighted by molar-refractivity contribution is -0.124. The number of benzene rings is 1. The standard InChI is InChI=1S/C16H23NO3/c1-12-14(11-19-12)17(15(18)20-16(2,3)4)10-13-8-6-5-7-9-13/h5-9,12,14H,10-11H2,1-4H3/t12-,14-/m1/s1. The molecule has 110 valence electrons. The molecule has 0 spiro atoms. The lowest BCUT2D eigenvalue weighted by Crippen LogP contribution is -2.57. The third-order valence-corrected chi connectivity index (χ3v) is 3.30. The maximum atomic E-state index is 12.4. The summed E-state index contributed by atoms with van der Waals surface area (Å²) in [4.78, 5) is 14.2. The van der Waals surface area contributed by atoms with Gasteiger partial charge in [-0.3, -0.25) is 4.90 Å². The summed E-state index contributed by atoms with van der Waals surface area (Å²) in [5, 5.41) is 0. The Balaban J connectivity index is 2.10. The highest BCUT2D eigenvalue weighted by atomic mass is 16.6. The van der Waals surface area contributed by atoms with E-state index in [1.807, 2.05) is 58.0 Å². The molecule has 0 bridgehead atoms. The first-order valence-electron chi connectivity index (χ1n) is 7.02. The number of rotatable bonds is 3. The van der Waals surface area contributed by atoms with Crippen molar-refractivity contribution in [3.63, 3.8) is 0 Å². The molecule has 4 heteroatoms. The average molecular weight is 277 g/mol. The van der Waals surface area contributed by atoms with Crippen LogP contribution in [0, 0.1) is 0 Å². The van der Waals surface area contributed by atoms with Crippen molar-refractivity contribution in [2.24, 2.45) is 0 Å². The van der Waals surface area contributed by atoms with Gasteiger partial charge in [0.25, 0.3) is 0 Å². The quantitative estimate of drug-likeness (QED) is 0.851. The van der Waals surface area contributed by atoms with E-state index in [4.69, 9.17) is 9.47 Å². The van der Waals surface area contributed by atoms with Crippen LogP contribution in [0.1, 0.15) is 33.3 Å². The van der Waals surface area contributed by atoms with Gasteiger partial charge in [0.1, 0.15) is 5.60 Å². The van der Waals surface area contributed by atoms with E-state index in [0.717, 1.165) is 5.56 Å². The molecule has 1 aliphatic rings. The molecule has 1 aromatic carbocycles. The van der Waals surface area contributed by atoms with E-state index in [1.54, 1.807) is 4.90 Å². The fourth-order valence-electron chi connectivity index (χ4n) is 2.14. The molecule has 2 atom stereocenters. The molecule has 1 heterocycles. The van der Waals surface area contributed by atoms with Crippen molar-refractivity contribution >= 4 is 6.09 Å². The number of nitrogens with zero attached hydrogens (tertiary/aromatic N) is 1. The van der Waals surface area contributed by atoms with Crippen LogP contribution in [0.5, 0.6) is 0 Å². The summed E-state index contributed by atoms with van der Waals surface area (Å²) in [5.41, 5.74) is 0.609. The lowest BCUT2D eigenvalue weighted by Gasteiger charge is -2.42. The highest BCUT2D eigenvalue weighted by molar-refractivity contribution is 5.69. The van der Waals surface area contributed by atoms with Crippen LogP contribution in [-0.4, -0.2) is 35.3 Å². The van der Waals surface area contributed by atoms with Gasteiger partial charge in [-0.1, -0.05) is 30.3 Å². The Morgan fingerprint density at radius 3 is 2.45 bits per heavy atom. The van der Waals surface area contributed by atoms with Crippen LogP contribution in [0.15, 0.2) is 30.3 Å². The topological polar surface area (TPSA) is 38.8 Å². The molecule has 1 fully saturated rings. The number of hydrogen-bond acceptors (Lipinski definition) is 3. The van der Waals surface area contributed by atoms with Crippen molar-refractivity contribution in [1.82, 2.24) is 4.90 Å². The van der Waals surface area contributed by atoms with Gasteiger partial charge >= 0.3 is 6.09 Å². The van der Waals surface area contributed by atoms with Crippen molar-refractivity contribution in [2.75, 3.05) is 6.61 Å². The Bertz CT molecular complexity index is 453. The summed E-state index contributed by atoms with van der Waals surface area (Å²) in [6.07, 6.45) is -0.215. The molecular formula is C16H23NO3. The number of carbonyl (C=O) groups is 1. The van der Waals surface area contributed by atoms with E-state index >= 15 is 0 Å². The number of carbonyl (C=O) groups excluding carboxylic acids is 1. The second-order valence-electron chi connectivity index (χ2n) is 6.20. The summed E-state index contributed by atoms with van der Waals surface area (Å²) < 4.78 is 10.9. The van der Waals surface area contributed by atoms with Crippen LogP contribution in [0.3, 0.4) is 0 Å². The Kier molecular flexibility index (Phi) is 4.33. The maximum absolute atomic E-state index is 12.4. The van der Waals surface area contributed by atoms with E-state index in [2.05, 4.69) is 0 Å². The monoisotopic (exact) mass is 277 g/mol. The normalized spacial score (nSPS) is 22.0. The first-order chi connectivity index (χ1) is 9.37. The molecule has 2 rings (SSSR count). The summed E-state index contributed by atoms with van der Waals surface area (Å²) in [5.74, 6) is 0. The smallest absolute Gasteiger partial charge is 0.411 e. The van der Waals surface area contributed by atoms with Gasteiger partial charge in [0.2, 0.25) is 0 Å². The van der Waals surface area contributed by atoms with Crippen LogP contribution in [0.4, 0.5) is 4.79 Å². The molecule has 0 aromatic heterocycles. The fraction of sp³-hybridized carbons (Fsp3) is 0.562. The van der Waals surface area contributed by atoms with Crippen LogP contribution >= 0.6 is 0 Å². The summed E-state index contributed by atoms with van der Waals surface area (Å²) in [6, 6.07) is 10.0. The zero-order chi connectivity index (χ0) is 14.8. The molecule has 0 saturated carbocycles. The van der Waals surface area contributed by atoms with Crippen molar-refractivity contribution in [3.8, 4) is 0 Å². The molecule has 1 aromatic rings. The Morgan fingerprint density at radius 2 is 2.00 bits per heavy atom. The molecule has 4 nitrogen and oxygen atoms in total. The zero-order valence-corrected chi connectivity index (χ0v) is 12.6. The van der Waals surface area contributed by atoms with Crippen molar-refractivity contribution < 1.29 is 14.3 Å². The van der Waals surface area contributed by atoms with Crippen LogP contribution < -0.4 is 0 Å². The van der Waals surface area contributed by atoms with Gasteiger partial charge in [-0.05, 0) is 33.3 Å². The van der Waals surface area contributed by atoms with Crippen LogP contribution in [0.2, 0.25) is 0 Å². The van der Waals surface area contributed by atoms with Gasteiger partial charge in [0.15, 0.2) is 0 Å². The molecule has 0 N–H and O–H groups in total. The first kappa shape index (κ1) is 14.9. The Labute approximate surface area is 120 Å². The molecule has 0 radical (unpaired) electrons. The van der Waals surface area contributed by atoms with Gasteiger partial charge < -0.3 is 9.47 Å². The highest BCUT2D eigenvalue weighted by Crippen LogP contribution is 2.23. The Hall–Kier alpha value is -1.55. The van der Waals surface area contributed by atoms with Gasteiger partial charge in [-0.2, -0.15) is 0 Å². The zero-order valence-electron chi connectivity index (χ0n) is 12.6. The molecule has 1 saturated heterocycles. The maximum Gasteiger partial charge on any atom is 0.411 e. The minimum atomic E-state index is -0.486. The predicted octanol–water partition coefficient (Wildman–Crippen LogP) is 3.21. The molecule has 20 heavy (non-hydrogen) atoms. The molecule has 0 aliphatic carbocycles. The van der Waals surface area contributed by atoms with Crippen LogP contribution in [-0.2, 0) is 16.0 Å². The largest absolute Gasteiger partial charge is 0.444 e. The van der Waals surface area contributed by atoms with E-state index in [-0.39, 0.29) is 18.2 Å². The number of amides is 1. The third-order valence-electron chi connectivity index (χ3n) is 3.30.